The van der Waals surface area contributed by atoms with Gasteiger partial charge in [0.2, 0.25) is 17.7 Å². The first-order chi connectivity index (χ1) is 32.6. The first kappa shape index (κ1) is 50.4. The molecule has 1 aromatic heterocycles. The van der Waals surface area contributed by atoms with Crippen molar-refractivity contribution in [2.75, 3.05) is 18.5 Å². The zero-order valence-electron chi connectivity index (χ0n) is 38.9. The summed E-state index contributed by atoms with van der Waals surface area (Å²) in [6.45, 7) is 6.37. The molecule has 8 rings (SSSR count). The van der Waals surface area contributed by atoms with Crippen LogP contribution in [0.3, 0.4) is 0 Å². The van der Waals surface area contributed by atoms with Crippen molar-refractivity contribution in [3.63, 3.8) is 0 Å². The van der Waals surface area contributed by atoms with Crippen molar-refractivity contribution in [1.29, 1.82) is 0 Å². The van der Waals surface area contributed by atoms with E-state index in [4.69, 9.17) is 14.0 Å². The van der Waals surface area contributed by atoms with Crippen molar-refractivity contribution in [2.45, 2.75) is 122 Å². The van der Waals surface area contributed by atoms with E-state index in [-0.39, 0.29) is 60.6 Å². The normalized spacial score (nSPS) is 31.0. The quantitative estimate of drug-likeness (QED) is 0.0683. The highest BCUT2D eigenvalue weighted by Crippen LogP contribution is 2.70. The highest BCUT2D eigenvalue weighted by molar-refractivity contribution is 7.46. The first-order valence-corrected chi connectivity index (χ1v) is 25.8. The Hall–Kier alpha value is -4.98. The Morgan fingerprint density at radius 1 is 0.971 bits per heavy atom. The van der Waals surface area contributed by atoms with Crippen LogP contribution in [-0.4, -0.2) is 104 Å². The molecule has 0 radical (unpaired) electrons. The van der Waals surface area contributed by atoms with E-state index in [0.29, 0.717) is 55.5 Å². The SMILES string of the molecule is C[C@H](NC(=O)CCCCCN1C(=O)C=CC1=O)C(=O)N[C@@H](C)C(=O)Nc1cccc(Cc2ccc([C@@H]3O[C@@H]4C[C@H]5[C@@H]6CCC7=CC(=O)C=C[C@]7(C)[C@H]6[C@@H](O)C[C@]5(C)[C@]4(C(=O)COP(=O)(O)O)O3)s2)c1. The number of thiophene rings is 1. The van der Waals surface area contributed by atoms with Gasteiger partial charge in [-0.15, -0.1) is 11.3 Å². The molecule has 3 saturated carbocycles. The number of hydrogen-bond donors (Lipinski definition) is 6. The number of ketones is 2. The summed E-state index contributed by atoms with van der Waals surface area (Å²) in [6, 6.07) is 9.11. The van der Waals surface area contributed by atoms with Crippen molar-refractivity contribution in [3.8, 4) is 0 Å². The fourth-order valence-corrected chi connectivity index (χ4v) is 13.2. The third-order valence-corrected chi connectivity index (χ3v) is 16.8. The largest absolute Gasteiger partial charge is 0.470 e. The molecule has 4 aliphatic carbocycles. The van der Waals surface area contributed by atoms with Gasteiger partial charge in [0.25, 0.3) is 11.8 Å². The number of aliphatic hydroxyl groups is 1. The van der Waals surface area contributed by atoms with Gasteiger partial charge in [-0.3, -0.25) is 43.0 Å². The number of hydrogen-bond acceptors (Lipinski definition) is 13. The van der Waals surface area contributed by atoms with Gasteiger partial charge in [0, 0.05) is 58.9 Å². The number of carbonyl (C=O) groups is 7. The number of anilines is 1. The number of benzene rings is 1. The molecule has 2 aromatic rings. The van der Waals surface area contributed by atoms with E-state index in [2.05, 4.69) is 22.9 Å². The molecule has 0 bridgehead atoms. The second-order valence-corrected chi connectivity index (χ2v) is 22.0. The lowest BCUT2D eigenvalue weighted by Gasteiger charge is -2.59. The summed E-state index contributed by atoms with van der Waals surface area (Å²) in [6.07, 6.45) is 9.03. The minimum absolute atomic E-state index is 0.0660. The molecule has 0 spiro atoms. The average molecular weight is 991 g/mol. The van der Waals surface area contributed by atoms with E-state index in [1.54, 1.807) is 24.3 Å². The molecule has 11 atom stereocenters. The molecule has 69 heavy (non-hydrogen) atoms. The lowest BCUT2D eigenvalue weighted by atomic mass is 9.46. The predicted molar refractivity (Wildman–Crippen MR) is 250 cm³/mol. The number of fused-ring (bicyclic) bond motifs is 7. The molecule has 1 aromatic carbocycles. The van der Waals surface area contributed by atoms with Crippen LogP contribution in [0.2, 0.25) is 0 Å². The maximum absolute atomic E-state index is 14.4. The van der Waals surface area contributed by atoms with E-state index >= 15 is 0 Å². The number of nitrogens with one attached hydrogen (secondary N) is 3. The number of Topliss-reactive ketones (excluding diaryl/α,β-unsaturated/α-hetero) is 1. The van der Waals surface area contributed by atoms with Crippen molar-refractivity contribution in [3.05, 3.63) is 87.7 Å². The van der Waals surface area contributed by atoms with Crippen molar-refractivity contribution in [2.24, 2.45) is 28.6 Å². The van der Waals surface area contributed by atoms with Gasteiger partial charge in [-0.25, -0.2) is 4.57 Å². The van der Waals surface area contributed by atoms with Gasteiger partial charge in [0.15, 0.2) is 23.5 Å². The molecule has 4 fully saturated rings. The summed E-state index contributed by atoms with van der Waals surface area (Å²) in [4.78, 5) is 111. The van der Waals surface area contributed by atoms with E-state index in [0.717, 1.165) is 20.9 Å². The summed E-state index contributed by atoms with van der Waals surface area (Å²) >= 11 is 1.40. The fraction of sp³-hybridized carbons (Fsp3) is 0.531. The van der Waals surface area contributed by atoms with Crippen LogP contribution in [0.4, 0.5) is 5.69 Å². The zero-order valence-corrected chi connectivity index (χ0v) is 40.6. The number of amides is 5. The Morgan fingerprint density at radius 2 is 1.71 bits per heavy atom. The molecular formula is C49H59N4O14PS. The second-order valence-electron chi connectivity index (χ2n) is 19.6. The number of aliphatic hydroxyl groups excluding tert-OH is 1. The predicted octanol–water partition coefficient (Wildman–Crippen LogP) is 4.49. The molecule has 6 N–H and O–H groups in total. The molecule has 3 heterocycles. The number of phosphoric ester groups is 1. The molecule has 2 aliphatic heterocycles. The third kappa shape index (κ3) is 10.0. The monoisotopic (exact) mass is 990 g/mol. The summed E-state index contributed by atoms with van der Waals surface area (Å²) in [5.74, 6) is -3.27. The van der Waals surface area contributed by atoms with Gasteiger partial charge in [-0.2, -0.15) is 0 Å². The van der Waals surface area contributed by atoms with Gasteiger partial charge >= 0.3 is 7.82 Å². The number of phosphoric acid groups is 1. The lowest BCUT2D eigenvalue weighted by Crippen LogP contribution is -2.63. The lowest BCUT2D eigenvalue weighted by molar-refractivity contribution is -0.200. The van der Waals surface area contributed by atoms with Crippen molar-refractivity contribution < 1.29 is 67.0 Å². The molecule has 370 valence electrons. The number of ether oxygens (including phenoxy) is 2. The maximum atomic E-state index is 14.4. The van der Waals surface area contributed by atoms with Crippen LogP contribution in [0.1, 0.15) is 101 Å². The molecule has 20 heteroatoms. The van der Waals surface area contributed by atoms with Gasteiger partial charge in [-0.05, 0) is 106 Å². The van der Waals surface area contributed by atoms with E-state index in [1.807, 2.05) is 37.3 Å². The Bertz CT molecular complexity index is 2550. The van der Waals surface area contributed by atoms with Gasteiger partial charge in [-0.1, -0.05) is 44.1 Å². The topological polar surface area (TPSA) is 264 Å². The van der Waals surface area contributed by atoms with E-state index in [1.165, 1.54) is 37.3 Å². The van der Waals surface area contributed by atoms with Crippen LogP contribution in [0, 0.1) is 28.6 Å². The zero-order chi connectivity index (χ0) is 49.6. The molecule has 0 unspecified atom stereocenters. The summed E-state index contributed by atoms with van der Waals surface area (Å²) in [5, 5.41) is 20.2. The van der Waals surface area contributed by atoms with Crippen LogP contribution < -0.4 is 16.0 Å². The van der Waals surface area contributed by atoms with Crippen molar-refractivity contribution >= 4 is 65.9 Å². The highest BCUT2D eigenvalue weighted by atomic mass is 32.1. The summed E-state index contributed by atoms with van der Waals surface area (Å²) in [5.41, 5.74) is -0.925. The number of rotatable bonds is 18. The van der Waals surface area contributed by atoms with Crippen LogP contribution in [0.15, 0.2) is 72.4 Å². The minimum atomic E-state index is -5.04. The Morgan fingerprint density at radius 3 is 2.45 bits per heavy atom. The van der Waals surface area contributed by atoms with Crippen LogP contribution in [-0.2, 0) is 58.5 Å². The summed E-state index contributed by atoms with van der Waals surface area (Å²) < 4.78 is 30.1. The van der Waals surface area contributed by atoms with Crippen molar-refractivity contribution in [1.82, 2.24) is 15.5 Å². The Kier molecular flexibility index (Phi) is 14.4. The smallest absolute Gasteiger partial charge is 0.393 e. The van der Waals surface area contributed by atoms with Gasteiger partial charge in [0.05, 0.1) is 17.1 Å². The molecule has 1 saturated heterocycles. The molecular weight excluding hydrogens is 932 g/mol. The molecule has 6 aliphatic rings. The van der Waals surface area contributed by atoms with E-state index in [9.17, 15) is 53.0 Å². The molecule has 18 nitrogen and oxygen atoms in total. The second kappa shape index (κ2) is 19.7. The third-order valence-electron chi connectivity index (χ3n) is 15.2. The number of unbranched alkanes of at least 4 members (excludes halogenated alkanes) is 2. The number of allylic oxidation sites excluding steroid dienone is 4. The molecule has 5 amide bonds. The number of nitrogens with zero attached hydrogens (tertiary/aromatic N) is 1. The average Bonchev–Trinajstić information content (AvgIpc) is 4.05. The van der Waals surface area contributed by atoms with Gasteiger partial charge in [0.1, 0.15) is 18.7 Å². The maximum Gasteiger partial charge on any atom is 0.470 e. The van der Waals surface area contributed by atoms with Crippen LogP contribution in [0.5, 0.6) is 0 Å². The highest BCUT2D eigenvalue weighted by Gasteiger charge is 2.76. The van der Waals surface area contributed by atoms with Crippen LogP contribution >= 0.6 is 19.2 Å². The first-order valence-electron chi connectivity index (χ1n) is 23.4. The standard InChI is InChI=1S/C49H59N4O14PS/c1-27(50-40(57)11-6-5-7-20-53-41(58)16-17-42(53)59)44(60)51-28(2)45(61)52-31-10-8-9-29(21-31)22-33-13-15-37(69-33)46-66-39-24-35-34-14-12-30-23-32(54)18-19-47(30,3)43(34)36(55)25-48(35,4)49(39,67-46)38(56)26-65-68(62,63)64/h8-10,13,15-19,21,23,27-28,34-36,39,43,46,55H,5-7,11-12,14,20,22,24-26H2,1-4H3,(H,50,57)(H,51,60)(H,52,61)(H2,62,63,64)/t27-,28-,34-,35-,36-,39+,43+,46+,47-,48-,49+/m0/s1. The van der Waals surface area contributed by atoms with Gasteiger partial charge < -0.3 is 40.3 Å². The minimum Gasteiger partial charge on any atom is -0.393 e. The fourth-order valence-electron chi connectivity index (χ4n) is 11.9. The van der Waals surface area contributed by atoms with Crippen LogP contribution in [0.25, 0.3) is 0 Å². The van der Waals surface area contributed by atoms with E-state index < -0.39 is 79.0 Å². The number of imide groups is 1. The Labute approximate surface area is 403 Å². The number of carbonyl (C=O) groups excluding carboxylic acids is 7. The Balaban J connectivity index is 0.868. The summed E-state index contributed by atoms with van der Waals surface area (Å²) in [7, 11) is -5.04.